The van der Waals surface area contributed by atoms with Crippen LogP contribution in [0.2, 0.25) is 0 Å². The van der Waals surface area contributed by atoms with Crippen molar-refractivity contribution >= 4 is 10.1 Å². The van der Waals surface area contributed by atoms with Crippen LogP contribution in [0.15, 0.2) is 29.2 Å². The molecule has 1 aromatic carbocycles. The lowest BCUT2D eigenvalue weighted by molar-refractivity contribution is 0.123. The van der Waals surface area contributed by atoms with Gasteiger partial charge in [0.2, 0.25) is 0 Å². The number of aryl methyl sites for hydroxylation is 1. The van der Waals surface area contributed by atoms with Gasteiger partial charge in [0, 0.05) is 0 Å². The molecule has 0 radical (unpaired) electrons. The summed E-state index contributed by atoms with van der Waals surface area (Å²) in [5, 5.41) is 0. The fourth-order valence-corrected chi connectivity index (χ4v) is 6.75. The van der Waals surface area contributed by atoms with Crippen molar-refractivity contribution in [2.24, 2.45) is 23.7 Å². The second-order valence-corrected chi connectivity index (χ2v) is 11.9. The molecular weight excluding hydrogens is 404 g/mol. The standard InChI is InChI=1S/C27H44O3S/c1-3-4-5-6-7-8-23-11-15-25(16-12-23)26-17-13-24(14-18-26)21-30-31(28,29)27-19-9-22(2)10-20-27/h9-10,19-20,23-26H,3-8,11-18,21H2,1-2H3. The molecule has 0 bridgehead atoms. The first-order valence-corrected chi connectivity index (χ1v) is 14.3. The lowest BCUT2D eigenvalue weighted by Gasteiger charge is -2.37. The molecule has 4 heteroatoms. The van der Waals surface area contributed by atoms with Crippen LogP contribution in [0.25, 0.3) is 0 Å². The molecule has 0 aromatic heterocycles. The molecule has 0 aliphatic heterocycles. The first kappa shape index (κ1) is 24.8. The van der Waals surface area contributed by atoms with Crippen LogP contribution in [0.3, 0.4) is 0 Å². The van der Waals surface area contributed by atoms with Crippen molar-refractivity contribution in [2.75, 3.05) is 6.61 Å². The highest BCUT2D eigenvalue weighted by atomic mass is 32.2. The van der Waals surface area contributed by atoms with E-state index in [0.717, 1.165) is 36.2 Å². The van der Waals surface area contributed by atoms with Crippen molar-refractivity contribution in [2.45, 2.75) is 109 Å². The van der Waals surface area contributed by atoms with Crippen LogP contribution >= 0.6 is 0 Å². The second-order valence-electron chi connectivity index (χ2n) is 10.3. The van der Waals surface area contributed by atoms with E-state index in [1.165, 1.54) is 77.0 Å². The summed E-state index contributed by atoms with van der Waals surface area (Å²) in [5.74, 6) is 3.13. The summed E-state index contributed by atoms with van der Waals surface area (Å²) >= 11 is 0. The normalized spacial score (nSPS) is 27.3. The monoisotopic (exact) mass is 448 g/mol. The smallest absolute Gasteiger partial charge is 0.266 e. The first-order valence-electron chi connectivity index (χ1n) is 12.9. The van der Waals surface area contributed by atoms with E-state index in [-0.39, 0.29) is 4.90 Å². The molecule has 31 heavy (non-hydrogen) atoms. The third-order valence-corrected chi connectivity index (χ3v) is 9.23. The van der Waals surface area contributed by atoms with Crippen molar-refractivity contribution < 1.29 is 12.6 Å². The Labute approximate surface area is 191 Å². The van der Waals surface area contributed by atoms with Gasteiger partial charge in [0.25, 0.3) is 10.1 Å². The SMILES string of the molecule is CCCCCCCC1CCC(C2CCC(COS(=O)(=O)c3ccc(C)cc3)CC2)CC1. The largest absolute Gasteiger partial charge is 0.296 e. The summed E-state index contributed by atoms with van der Waals surface area (Å²) in [6.07, 6.45) is 19.0. The molecule has 3 rings (SSSR count). The molecule has 2 fully saturated rings. The molecule has 2 saturated carbocycles. The van der Waals surface area contributed by atoms with Crippen molar-refractivity contribution in [3.05, 3.63) is 29.8 Å². The van der Waals surface area contributed by atoms with E-state index in [4.69, 9.17) is 4.18 Å². The maximum atomic E-state index is 12.4. The highest BCUT2D eigenvalue weighted by molar-refractivity contribution is 7.86. The molecule has 0 heterocycles. The van der Waals surface area contributed by atoms with Gasteiger partial charge in [-0.3, -0.25) is 4.18 Å². The van der Waals surface area contributed by atoms with Crippen LogP contribution in [0.1, 0.15) is 102 Å². The third-order valence-electron chi connectivity index (χ3n) is 7.93. The Kier molecular flexibility index (Phi) is 9.90. The minimum Gasteiger partial charge on any atom is -0.266 e. The Morgan fingerprint density at radius 2 is 1.32 bits per heavy atom. The minimum absolute atomic E-state index is 0.272. The van der Waals surface area contributed by atoms with E-state index in [9.17, 15) is 8.42 Å². The summed E-state index contributed by atoms with van der Waals surface area (Å²) < 4.78 is 30.3. The van der Waals surface area contributed by atoms with Crippen LogP contribution in [-0.2, 0) is 14.3 Å². The highest BCUT2D eigenvalue weighted by Crippen LogP contribution is 2.42. The van der Waals surface area contributed by atoms with Gasteiger partial charge in [-0.25, -0.2) is 0 Å². The first-order chi connectivity index (χ1) is 15.0. The van der Waals surface area contributed by atoms with Crippen LogP contribution in [-0.4, -0.2) is 15.0 Å². The van der Waals surface area contributed by atoms with Gasteiger partial charge in [-0.2, -0.15) is 8.42 Å². The van der Waals surface area contributed by atoms with Crippen LogP contribution in [0.5, 0.6) is 0 Å². The molecule has 0 amide bonds. The summed E-state index contributed by atoms with van der Waals surface area (Å²) in [6, 6.07) is 6.93. The predicted molar refractivity (Wildman–Crippen MR) is 129 cm³/mol. The molecule has 2 aliphatic carbocycles. The highest BCUT2D eigenvalue weighted by Gasteiger charge is 2.31. The predicted octanol–water partition coefficient (Wildman–Crippen LogP) is 7.67. The van der Waals surface area contributed by atoms with Gasteiger partial charge in [-0.05, 0) is 81.3 Å². The zero-order valence-corrected chi connectivity index (χ0v) is 20.7. The maximum absolute atomic E-state index is 12.4. The van der Waals surface area contributed by atoms with Crippen molar-refractivity contribution in [1.29, 1.82) is 0 Å². The quantitative estimate of drug-likeness (QED) is 0.257. The molecular formula is C27H44O3S. The summed E-state index contributed by atoms with van der Waals surface area (Å²) in [6.45, 7) is 4.58. The van der Waals surface area contributed by atoms with Gasteiger partial charge >= 0.3 is 0 Å². The van der Waals surface area contributed by atoms with E-state index in [1.807, 2.05) is 19.1 Å². The van der Waals surface area contributed by atoms with Gasteiger partial charge in [-0.15, -0.1) is 0 Å². The Hall–Kier alpha value is -0.870. The van der Waals surface area contributed by atoms with E-state index >= 15 is 0 Å². The molecule has 0 N–H and O–H groups in total. The van der Waals surface area contributed by atoms with E-state index in [1.54, 1.807) is 12.1 Å². The van der Waals surface area contributed by atoms with Gasteiger partial charge in [0.1, 0.15) is 0 Å². The van der Waals surface area contributed by atoms with Crippen LogP contribution in [0, 0.1) is 30.6 Å². The minimum atomic E-state index is -3.63. The fourth-order valence-electron chi connectivity index (χ4n) is 5.77. The maximum Gasteiger partial charge on any atom is 0.296 e. The lowest BCUT2D eigenvalue weighted by atomic mass is 9.69. The molecule has 3 nitrogen and oxygen atoms in total. The van der Waals surface area contributed by atoms with E-state index in [2.05, 4.69) is 6.92 Å². The molecule has 2 aliphatic rings. The van der Waals surface area contributed by atoms with Crippen LogP contribution in [0.4, 0.5) is 0 Å². The van der Waals surface area contributed by atoms with Gasteiger partial charge < -0.3 is 0 Å². The van der Waals surface area contributed by atoms with Gasteiger partial charge in [0.05, 0.1) is 11.5 Å². The average molecular weight is 449 g/mol. The van der Waals surface area contributed by atoms with Gasteiger partial charge in [0.15, 0.2) is 0 Å². The second kappa shape index (κ2) is 12.4. The number of unbranched alkanes of at least 4 members (excludes halogenated alkanes) is 4. The van der Waals surface area contributed by atoms with Crippen molar-refractivity contribution in [3.63, 3.8) is 0 Å². The number of hydrogen-bond acceptors (Lipinski definition) is 3. The van der Waals surface area contributed by atoms with E-state index in [0.29, 0.717) is 12.5 Å². The Morgan fingerprint density at radius 1 is 0.774 bits per heavy atom. The van der Waals surface area contributed by atoms with Crippen molar-refractivity contribution in [3.8, 4) is 0 Å². The molecule has 1 aromatic rings. The number of hydrogen-bond donors (Lipinski definition) is 0. The number of benzene rings is 1. The van der Waals surface area contributed by atoms with Crippen LogP contribution < -0.4 is 0 Å². The van der Waals surface area contributed by atoms with Crippen molar-refractivity contribution in [1.82, 2.24) is 0 Å². The van der Waals surface area contributed by atoms with E-state index < -0.39 is 10.1 Å². The Balaban J connectivity index is 1.32. The summed E-state index contributed by atoms with van der Waals surface area (Å²) in [7, 11) is -3.63. The summed E-state index contributed by atoms with van der Waals surface area (Å²) in [4.78, 5) is 0.272. The topological polar surface area (TPSA) is 43.4 Å². The molecule has 0 atom stereocenters. The molecule has 0 unspecified atom stereocenters. The average Bonchev–Trinajstić information content (AvgIpc) is 2.79. The molecule has 0 saturated heterocycles. The third kappa shape index (κ3) is 7.89. The van der Waals surface area contributed by atoms with Gasteiger partial charge in [-0.1, -0.05) is 76.0 Å². The summed E-state index contributed by atoms with van der Waals surface area (Å²) in [5.41, 5.74) is 1.05. The molecule has 176 valence electrons. The lowest BCUT2D eigenvalue weighted by Crippen LogP contribution is -2.27. The zero-order chi connectivity index (χ0) is 22.1. The Bertz CT molecular complexity index is 724. The Morgan fingerprint density at radius 3 is 1.90 bits per heavy atom. The molecule has 0 spiro atoms. The number of rotatable bonds is 11. The zero-order valence-electron chi connectivity index (χ0n) is 19.9. The fraction of sp³-hybridized carbons (Fsp3) is 0.778.